The molecule has 0 bridgehead atoms. The fourth-order valence-corrected chi connectivity index (χ4v) is 5.06. The van der Waals surface area contributed by atoms with Crippen LogP contribution in [0.2, 0.25) is 0 Å². The second kappa shape index (κ2) is 14.6. The lowest BCUT2D eigenvalue weighted by Gasteiger charge is -2.43. The zero-order valence-electron chi connectivity index (χ0n) is 22.5. The highest BCUT2D eigenvalue weighted by molar-refractivity contribution is 6.27. The van der Waals surface area contributed by atoms with Gasteiger partial charge in [-0.25, -0.2) is 9.59 Å². The molecule has 2 aliphatic heterocycles. The Hall–Kier alpha value is -3.34. The summed E-state index contributed by atoms with van der Waals surface area (Å²) in [6.45, 7) is 8.87. The van der Waals surface area contributed by atoms with E-state index in [2.05, 4.69) is 57.2 Å². The lowest BCUT2D eigenvalue weighted by molar-refractivity contribution is -0.159. The standard InChI is InChI=1S/C26H37N3O3.C2H2O4/c1-30-24-17-22(18-25(31-2)26(24)32-3)20-28-13-15-29(16-14-28)23-9-11-27(12-10-23)19-21-7-5-4-6-8-21;3-1(4)2(5)6/h4-8,17-18,23H,9-16,19-20H2,1-3H3;(H,3,4)(H,5,6). The monoisotopic (exact) mass is 529 g/mol. The Morgan fingerprint density at radius 2 is 1.24 bits per heavy atom. The van der Waals surface area contributed by atoms with Gasteiger partial charge in [-0.05, 0) is 49.2 Å². The molecule has 10 heteroatoms. The lowest BCUT2D eigenvalue weighted by atomic mass is 10.0. The first-order chi connectivity index (χ1) is 18.3. The molecule has 2 heterocycles. The summed E-state index contributed by atoms with van der Waals surface area (Å²) in [7, 11) is 4.99. The number of nitrogens with zero attached hydrogens (tertiary/aromatic N) is 3. The number of methoxy groups -OCH3 is 3. The molecule has 0 spiro atoms. The third-order valence-corrected chi connectivity index (χ3v) is 7.04. The number of aliphatic carboxylic acids is 2. The summed E-state index contributed by atoms with van der Waals surface area (Å²) in [6, 6.07) is 15.7. The average Bonchev–Trinajstić information content (AvgIpc) is 2.94. The number of carbonyl (C=O) groups is 2. The SMILES string of the molecule is COc1cc(CN2CCN(C3CCN(Cc4ccccc4)CC3)CC2)cc(OC)c1OC.O=C(O)C(=O)O. The Kier molecular flexibility index (Phi) is 11.2. The molecule has 4 rings (SSSR count). The van der Waals surface area contributed by atoms with Gasteiger partial charge in [-0.3, -0.25) is 14.7 Å². The molecule has 0 radical (unpaired) electrons. The maximum absolute atomic E-state index is 9.10. The van der Waals surface area contributed by atoms with Crippen LogP contribution in [0.4, 0.5) is 0 Å². The summed E-state index contributed by atoms with van der Waals surface area (Å²) in [6.07, 6.45) is 2.55. The van der Waals surface area contributed by atoms with Gasteiger partial charge < -0.3 is 24.4 Å². The van der Waals surface area contributed by atoms with Crippen LogP contribution in [0.25, 0.3) is 0 Å². The summed E-state index contributed by atoms with van der Waals surface area (Å²) in [4.78, 5) is 26.0. The number of ether oxygens (including phenoxy) is 3. The highest BCUT2D eigenvalue weighted by atomic mass is 16.5. The molecular weight excluding hydrogens is 490 g/mol. The molecule has 2 aromatic carbocycles. The number of benzene rings is 2. The largest absolute Gasteiger partial charge is 0.493 e. The predicted molar refractivity (Wildman–Crippen MR) is 143 cm³/mol. The fraction of sp³-hybridized carbons (Fsp3) is 0.500. The minimum Gasteiger partial charge on any atom is -0.493 e. The fourth-order valence-electron chi connectivity index (χ4n) is 5.06. The van der Waals surface area contributed by atoms with E-state index in [1.54, 1.807) is 21.3 Å². The minimum absolute atomic E-state index is 0.655. The summed E-state index contributed by atoms with van der Waals surface area (Å²) in [5.74, 6) is -1.54. The third-order valence-electron chi connectivity index (χ3n) is 7.04. The van der Waals surface area contributed by atoms with Crippen molar-refractivity contribution >= 4 is 11.9 Å². The number of hydrogen-bond donors (Lipinski definition) is 2. The highest BCUT2D eigenvalue weighted by Gasteiger charge is 2.27. The van der Waals surface area contributed by atoms with Gasteiger partial charge in [-0.15, -0.1) is 0 Å². The maximum Gasteiger partial charge on any atom is 0.414 e. The van der Waals surface area contributed by atoms with E-state index in [0.717, 1.165) is 56.8 Å². The van der Waals surface area contributed by atoms with Crippen molar-refractivity contribution in [3.05, 3.63) is 53.6 Å². The number of rotatable bonds is 8. The van der Waals surface area contributed by atoms with Gasteiger partial charge in [0.05, 0.1) is 21.3 Å². The van der Waals surface area contributed by atoms with Crippen molar-refractivity contribution in [3.63, 3.8) is 0 Å². The average molecular weight is 530 g/mol. The van der Waals surface area contributed by atoms with Gasteiger partial charge in [-0.1, -0.05) is 30.3 Å². The third kappa shape index (κ3) is 8.34. The van der Waals surface area contributed by atoms with Crippen LogP contribution < -0.4 is 14.2 Å². The first-order valence-electron chi connectivity index (χ1n) is 12.8. The van der Waals surface area contributed by atoms with Crippen LogP contribution in [0.1, 0.15) is 24.0 Å². The van der Waals surface area contributed by atoms with E-state index in [4.69, 9.17) is 34.0 Å². The summed E-state index contributed by atoms with van der Waals surface area (Å²) >= 11 is 0. The van der Waals surface area contributed by atoms with Crippen LogP contribution >= 0.6 is 0 Å². The van der Waals surface area contributed by atoms with Crippen LogP contribution in [0, 0.1) is 0 Å². The quantitative estimate of drug-likeness (QED) is 0.495. The molecule has 0 atom stereocenters. The van der Waals surface area contributed by atoms with Gasteiger partial charge in [0, 0.05) is 45.3 Å². The first-order valence-corrected chi connectivity index (χ1v) is 12.8. The minimum atomic E-state index is -1.82. The molecule has 0 aliphatic carbocycles. The molecule has 0 unspecified atom stereocenters. The molecule has 2 N–H and O–H groups in total. The van der Waals surface area contributed by atoms with E-state index in [9.17, 15) is 0 Å². The van der Waals surface area contributed by atoms with Gasteiger partial charge in [0.15, 0.2) is 11.5 Å². The molecule has 2 fully saturated rings. The zero-order valence-corrected chi connectivity index (χ0v) is 22.5. The zero-order chi connectivity index (χ0) is 27.5. The molecule has 10 nitrogen and oxygen atoms in total. The van der Waals surface area contributed by atoms with Gasteiger partial charge in [-0.2, -0.15) is 0 Å². The summed E-state index contributed by atoms with van der Waals surface area (Å²) < 4.78 is 16.5. The van der Waals surface area contributed by atoms with E-state index in [0.29, 0.717) is 5.75 Å². The van der Waals surface area contributed by atoms with Crippen molar-refractivity contribution in [2.24, 2.45) is 0 Å². The van der Waals surface area contributed by atoms with Crippen molar-refractivity contribution in [2.75, 3.05) is 60.6 Å². The van der Waals surface area contributed by atoms with Crippen LogP contribution in [-0.4, -0.2) is 103 Å². The van der Waals surface area contributed by atoms with E-state index in [1.165, 1.54) is 37.1 Å². The van der Waals surface area contributed by atoms with Crippen LogP contribution in [-0.2, 0) is 22.7 Å². The van der Waals surface area contributed by atoms with E-state index in [-0.39, 0.29) is 0 Å². The molecule has 38 heavy (non-hydrogen) atoms. The number of hydrogen-bond acceptors (Lipinski definition) is 8. The Bertz CT molecular complexity index is 997. The molecule has 208 valence electrons. The normalized spacial score (nSPS) is 17.2. The molecule has 2 aliphatic rings. The topological polar surface area (TPSA) is 112 Å². The second-order valence-corrected chi connectivity index (χ2v) is 9.45. The summed E-state index contributed by atoms with van der Waals surface area (Å²) in [5, 5.41) is 14.8. The van der Waals surface area contributed by atoms with Crippen molar-refractivity contribution in [1.29, 1.82) is 0 Å². The highest BCUT2D eigenvalue weighted by Crippen LogP contribution is 2.38. The Morgan fingerprint density at radius 1 is 0.737 bits per heavy atom. The lowest BCUT2D eigenvalue weighted by Crippen LogP contribution is -2.52. The molecule has 0 saturated carbocycles. The van der Waals surface area contributed by atoms with E-state index >= 15 is 0 Å². The van der Waals surface area contributed by atoms with Crippen molar-refractivity contribution in [1.82, 2.24) is 14.7 Å². The van der Waals surface area contributed by atoms with Gasteiger partial charge >= 0.3 is 11.9 Å². The van der Waals surface area contributed by atoms with E-state index < -0.39 is 11.9 Å². The van der Waals surface area contributed by atoms with Gasteiger partial charge in [0.25, 0.3) is 0 Å². The number of piperazine rings is 1. The Morgan fingerprint density at radius 3 is 1.71 bits per heavy atom. The molecule has 2 aromatic rings. The smallest absolute Gasteiger partial charge is 0.414 e. The van der Waals surface area contributed by atoms with Crippen LogP contribution in [0.5, 0.6) is 17.2 Å². The van der Waals surface area contributed by atoms with Gasteiger partial charge in [0.1, 0.15) is 0 Å². The summed E-state index contributed by atoms with van der Waals surface area (Å²) in [5.41, 5.74) is 2.62. The predicted octanol–water partition coefficient (Wildman–Crippen LogP) is 2.65. The second-order valence-electron chi connectivity index (χ2n) is 9.45. The van der Waals surface area contributed by atoms with Crippen molar-refractivity contribution < 1.29 is 34.0 Å². The van der Waals surface area contributed by atoms with E-state index in [1.807, 2.05) is 0 Å². The van der Waals surface area contributed by atoms with Gasteiger partial charge in [0.2, 0.25) is 5.75 Å². The number of carboxylic acid groups (broad SMARTS) is 2. The number of carboxylic acids is 2. The van der Waals surface area contributed by atoms with Crippen LogP contribution in [0.3, 0.4) is 0 Å². The van der Waals surface area contributed by atoms with Crippen molar-refractivity contribution in [2.45, 2.75) is 32.0 Å². The maximum atomic E-state index is 9.10. The Balaban J connectivity index is 0.000000599. The first kappa shape index (κ1) is 29.2. The molecule has 2 saturated heterocycles. The molecular formula is C28H39N3O7. The molecule has 0 amide bonds. The number of piperidine rings is 1. The van der Waals surface area contributed by atoms with Crippen molar-refractivity contribution in [3.8, 4) is 17.2 Å². The number of likely N-dealkylation sites (tertiary alicyclic amines) is 1. The Labute approximate surface area is 224 Å². The molecule has 0 aromatic heterocycles. The van der Waals surface area contributed by atoms with Crippen LogP contribution in [0.15, 0.2) is 42.5 Å².